The molecule has 1 saturated heterocycles. The summed E-state index contributed by atoms with van der Waals surface area (Å²) in [6.07, 6.45) is 2.60. The molecule has 0 aliphatic carbocycles. The number of rotatable bonds is 5. The zero-order chi connectivity index (χ0) is 19.4. The Morgan fingerprint density at radius 1 is 1.04 bits per heavy atom. The molecule has 2 aromatic carbocycles. The Labute approximate surface area is 159 Å². The smallest absolute Gasteiger partial charge is 0.246 e. The molecule has 1 unspecified atom stereocenters. The topological polar surface area (TPSA) is 55.8 Å². The van der Waals surface area contributed by atoms with Crippen LogP contribution in [0.1, 0.15) is 30.7 Å². The van der Waals surface area contributed by atoms with Gasteiger partial charge in [-0.3, -0.25) is 0 Å². The Bertz CT molecular complexity index is 883. The Hall–Kier alpha value is -2.12. The lowest BCUT2D eigenvalue weighted by Gasteiger charge is -2.25. The van der Waals surface area contributed by atoms with Crippen molar-refractivity contribution in [3.05, 3.63) is 53.8 Å². The van der Waals surface area contributed by atoms with E-state index in [-0.39, 0.29) is 16.6 Å². The monoisotopic (exact) mass is 393 g/mol. The van der Waals surface area contributed by atoms with E-state index in [2.05, 4.69) is 0 Å². The number of sulfonamides is 1. The van der Waals surface area contributed by atoms with Crippen LogP contribution in [-0.2, 0) is 10.0 Å². The van der Waals surface area contributed by atoms with Gasteiger partial charge in [-0.15, -0.1) is 0 Å². The van der Waals surface area contributed by atoms with Crippen molar-refractivity contribution in [2.75, 3.05) is 27.3 Å². The van der Waals surface area contributed by atoms with Crippen LogP contribution in [0.2, 0.25) is 0 Å². The van der Waals surface area contributed by atoms with Crippen molar-refractivity contribution in [3.63, 3.8) is 0 Å². The second-order valence-electron chi connectivity index (χ2n) is 6.62. The van der Waals surface area contributed by atoms with Gasteiger partial charge < -0.3 is 9.47 Å². The maximum atomic E-state index is 13.7. The molecule has 0 amide bonds. The molecule has 146 valence electrons. The molecule has 1 atom stereocenters. The van der Waals surface area contributed by atoms with Gasteiger partial charge in [0.2, 0.25) is 10.0 Å². The third-order valence-electron chi connectivity index (χ3n) is 4.96. The lowest BCUT2D eigenvalue weighted by Crippen LogP contribution is -2.34. The third kappa shape index (κ3) is 4.25. The standard InChI is InChI=1S/C20H24FNO4S/c1-25-18-9-6-15(7-10-18)16-5-3-4-12-22(14-16)27(23,24)20-13-17(21)8-11-19(20)26-2/h6-11,13,16H,3-5,12,14H2,1-2H3. The summed E-state index contributed by atoms with van der Waals surface area (Å²) in [5.41, 5.74) is 1.07. The zero-order valence-corrected chi connectivity index (χ0v) is 16.3. The SMILES string of the molecule is COc1ccc(C2CCCCN(S(=O)(=O)c3cc(F)ccc3OC)C2)cc1. The molecular formula is C20H24FNO4S. The van der Waals surface area contributed by atoms with Crippen molar-refractivity contribution < 1.29 is 22.3 Å². The van der Waals surface area contributed by atoms with E-state index >= 15 is 0 Å². The highest BCUT2D eigenvalue weighted by molar-refractivity contribution is 7.89. The second kappa shape index (κ2) is 8.27. The van der Waals surface area contributed by atoms with E-state index in [0.29, 0.717) is 13.1 Å². The van der Waals surface area contributed by atoms with Crippen LogP contribution in [0, 0.1) is 5.82 Å². The predicted molar refractivity (Wildman–Crippen MR) is 101 cm³/mol. The van der Waals surface area contributed by atoms with E-state index < -0.39 is 15.8 Å². The predicted octanol–water partition coefficient (Wildman–Crippen LogP) is 3.80. The molecule has 0 bridgehead atoms. The van der Waals surface area contributed by atoms with Crippen LogP contribution < -0.4 is 9.47 Å². The first-order valence-electron chi connectivity index (χ1n) is 8.93. The molecule has 1 fully saturated rings. The first kappa shape index (κ1) is 19.6. The molecule has 3 rings (SSSR count). The average molecular weight is 393 g/mol. The van der Waals surface area contributed by atoms with Crippen molar-refractivity contribution in [2.24, 2.45) is 0 Å². The fraction of sp³-hybridized carbons (Fsp3) is 0.400. The van der Waals surface area contributed by atoms with Crippen LogP contribution in [0.5, 0.6) is 11.5 Å². The van der Waals surface area contributed by atoms with Gasteiger partial charge in [0.25, 0.3) is 0 Å². The quantitative estimate of drug-likeness (QED) is 0.775. The van der Waals surface area contributed by atoms with Crippen molar-refractivity contribution >= 4 is 10.0 Å². The van der Waals surface area contributed by atoms with E-state index in [1.54, 1.807) is 7.11 Å². The van der Waals surface area contributed by atoms with Crippen LogP contribution in [-0.4, -0.2) is 40.0 Å². The number of hydrogen-bond acceptors (Lipinski definition) is 4. The van der Waals surface area contributed by atoms with Crippen molar-refractivity contribution in [1.29, 1.82) is 0 Å². The normalized spacial score (nSPS) is 18.7. The van der Waals surface area contributed by atoms with Gasteiger partial charge in [-0.25, -0.2) is 12.8 Å². The number of halogens is 1. The van der Waals surface area contributed by atoms with Crippen LogP contribution >= 0.6 is 0 Å². The molecule has 27 heavy (non-hydrogen) atoms. The summed E-state index contributed by atoms with van der Waals surface area (Å²) in [6, 6.07) is 11.3. The molecule has 0 saturated carbocycles. The van der Waals surface area contributed by atoms with Gasteiger partial charge in [-0.05, 0) is 54.7 Å². The van der Waals surface area contributed by atoms with Crippen LogP contribution in [0.25, 0.3) is 0 Å². The summed E-state index contributed by atoms with van der Waals surface area (Å²) in [4.78, 5) is -0.125. The Kier molecular flexibility index (Phi) is 6.01. The molecule has 0 spiro atoms. The average Bonchev–Trinajstić information content (AvgIpc) is 2.95. The van der Waals surface area contributed by atoms with E-state index in [1.165, 1.54) is 23.5 Å². The molecule has 1 aliphatic rings. The highest BCUT2D eigenvalue weighted by Gasteiger charge is 2.32. The van der Waals surface area contributed by atoms with E-state index in [4.69, 9.17) is 9.47 Å². The number of methoxy groups -OCH3 is 2. The van der Waals surface area contributed by atoms with Gasteiger partial charge in [0, 0.05) is 13.1 Å². The summed E-state index contributed by atoms with van der Waals surface area (Å²) < 4.78 is 51.9. The fourth-order valence-electron chi connectivity index (χ4n) is 3.46. The van der Waals surface area contributed by atoms with Gasteiger partial charge in [-0.1, -0.05) is 18.6 Å². The van der Waals surface area contributed by atoms with Crippen molar-refractivity contribution in [2.45, 2.75) is 30.1 Å². The molecule has 1 aliphatic heterocycles. The third-order valence-corrected chi connectivity index (χ3v) is 6.85. The number of benzene rings is 2. The van der Waals surface area contributed by atoms with Gasteiger partial charge in [0.15, 0.2) is 0 Å². The first-order valence-corrected chi connectivity index (χ1v) is 10.4. The largest absolute Gasteiger partial charge is 0.497 e. The maximum absolute atomic E-state index is 13.7. The molecular weight excluding hydrogens is 369 g/mol. The first-order chi connectivity index (χ1) is 13.0. The minimum atomic E-state index is -3.86. The maximum Gasteiger partial charge on any atom is 0.246 e. The molecule has 7 heteroatoms. The summed E-state index contributed by atoms with van der Waals surface area (Å²) in [5.74, 6) is 0.395. The van der Waals surface area contributed by atoms with E-state index in [0.717, 1.165) is 36.6 Å². The second-order valence-corrected chi connectivity index (χ2v) is 8.53. The molecule has 0 N–H and O–H groups in total. The number of ether oxygens (including phenoxy) is 2. The Morgan fingerprint density at radius 2 is 1.78 bits per heavy atom. The molecule has 0 aromatic heterocycles. The van der Waals surface area contributed by atoms with Gasteiger partial charge in [0.1, 0.15) is 22.2 Å². The zero-order valence-electron chi connectivity index (χ0n) is 15.5. The summed E-state index contributed by atoms with van der Waals surface area (Å²) in [5, 5.41) is 0. The van der Waals surface area contributed by atoms with Crippen LogP contribution in [0.3, 0.4) is 0 Å². The lowest BCUT2D eigenvalue weighted by atomic mass is 9.94. The van der Waals surface area contributed by atoms with E-state index in [1.807, 2.05) is 24.3 Å². The van der Waals surface area contributed by atoms with Gasteiger partial charge >= 0.3 is 0 Å². The molecule has 2 aromatic rings. The highest BCUT2D eigenvalue weighted by atomic mass is 32.2. The Morgan fingerprint density at radius 3 is 2.44 bits per heavy atom. The fourth-order valence-corrected chi connectivity index (χ4v) is 5.16. The van der Waals surface area contributed by atoms with Crippen molar-refractivity contribution in [3.8, 4) is 11.5 Å². The van der Waals surface area contributed by atoms with Gasteiger partial charge in [0.05, 0.1) is 14.2 Å². The summed E-state index contributed by atoms with van der Waals surface area (Å²) >= 11 is 0. The molecule has 5 nitrogen and oxygen atoms in total. The number of hydrogen-bond donors (Lipinski definition) is 0. The highest BCUT2D eigenvalue weighted by Crippen LogP contribution is 2.33. The van der Waals surface area contributed by atoms with Gasteiger partial charge in [-0.2, -0.15) is 4.31 Å². The molecule has 1 heterocycles. The van der Waals surface area contributed by atoms with E-state index in [9.17, 15) is 12.8 Å². The molecule has 0 radical (unpaired) electrons. The lowest BCUT2D eigenvalue weighted by molar-refractivity contribution is 0.384. The van der Waals surface area contributed by atoms with Crippen LogP contribution in [0.15, 0.2) is 47.4 Å². The van der Waals surface area contributed by atoms with Crippen molar-refractivity contribution in [1.82, 2.24) is 4.31 Å². The van der Waals surface area contributed by atoms with Crippen LogP contribution in [0.4, 0.5) is 4.39 Å². The minimum Gasteiger partial charge on any atom is -0.497 e. The Balaban J connectivity index is 1.91. The minimum absolute atomic E-state index is 0.0766. The number of nitrogens with zero attached hydrogens (tertiary/aromatic N) is 1. The summed E-state index contributed by atoms with van der Waals surface area (Å²) in [7, 11) is -0.865. The summed E-state index contributed by atoms with van der Waals surface area (Å²) in [6.45, 7) is 0.767.